The molecule has 0 radical (unpaired) electrons. The van der Waals surface area contributed by atoms with Gasteiger partial charge in [0.15, 0.2) is 0 Å². The van der Waals surface area contributed by atoms with Gasteiger partial charge < -0.3 is 14.4 Å². The SMILES string of the molecule is CCCCOC(=O)CC(SC(=S)N(CCCC)CCCC)C(=O)OCCCC. The number of ether oxygens (including phenoxy) is 2. The van der Waals surface area contributed by atoms with Crippen LogP contribution in [0, 0.1) is 0 Å². The second-order valence-electron chi connectivity index (χ2n) is 6.87. The molecule has 0 N–H and O–H groups in total. The lowest BCUT2D eigenvalue weighted by Crippen LogP contribution is -2.34. The van der Waals surface area contributed by atoms with Crippen molar-refractivity contribution in [1.29, 1.82) is 0 Å². The third-order valence-electron chi connectivity index (χ3n) is 4.18. The van der Waals surface area contributed by atoms with E-state index in [0.717, 1.165) is 64.5 Å². The smallest absolute Gasteiger partial charge is 0.320 e. The van der Waals surface area contributed by atoms with Crippen LogP contribution in [0.15, 0.2) is 0 Å². The summed E-state index contributed by atoms with van der Waals surface area (Å²) < 4.78 is 11.3. The Morgan fingerprint density at radius 2 is 1.36 bits per heavy atom. The van der Waals surface area contributed by atoms with Crippen LogP contribution in [0.25, 0.3) is 0 Å². The van der Waals surface area contributed by atoms with Crippen LogP contribution >= 0.6 is 24.0 Å². The van der Waals surface area contributed by atoms with E-state index in [1.807, 2.05) is 13.8 Å². The average Bonchev–Trinajstić information content (AvgIpc) is 2.67. The van der Waals surface area contributed by atoms with E-state index in [4.69, 9.17) is 21.7 Å². The fourth-order valence-electron chi connectivity index (χ4n) is 2.31. The molecule has 5 nitrogen and oxygen atoms in total. The van der Waals surface area contributed by atoms with Crippen molar-refractivity contribution in [2.45, 2.75) is 90.7 Å². The number of carbonyl (C=O) groups excluding carboxylic acids is 2. The largest absolute Gasteiger partial charge is 0.466 e. The second-order valence-corrected chi connectivity index (χ2v) is 8.70. The topological polar surface area (TPSA) is 55.8 Å². The fourth-order valence-corrected chi connectivity index (χ4v) is 3.80. The maximum atomic E-state index is 12.5. The van der Waals surface area contributed by atoms with E-state index in [1.165, 1.54) is 11.8 Å². The fraction of sp³-hybridized carbons (Fsp3) is 0.857. The predicted molar refractivity (Wildman–Crippen MR) is 122 cm³/mol. The first-order valence-corrected chi connectivity index (χ1v) is 12.1. The number of hydrogen-bond donors (Lipinski definition) is 0. The zero-order valence-corrected chi connectivity index (χ0v) is 19.8. The number of thioether (sulfide) groups is 1. The van der Waals surface area contributed by atoms with Crippen molar-refractivity contribution in [3.63, 3.8) is 0 Å². The van der Waals surface area contributed by atoms with E-state index in [0.29, 0.717) is 17.5 Å². The van der Waals surface area contributed by atoms with Gasteiger partial charge in [-0.3, -0.25) is 9.59 Å². The summed E-state index contributed by atoms with van der Waals surface area (Å²) in [7, 11) is 0. The summed E-state index contributed by atoms with van der Waals surface area (Å²) in [5.41, 5.74) is 0. The molecule has 0 aromatic heterocycles. The normalized spacial score (nSPS) is 11.7. The number of rotatable bonds is 16. The minimum Gasteiger partial charge on any atom is -0.466 e. The monoisotopic (exact) mass is 433 g/mol. The van der Waals surface area contributed by atoms with Crippen molar-refractivity contribution in [3.05, 3.63) is 0 Å². The zero-order chi connectivity index (χ0) is 21.2. The van der Waals surface area contributed by atoms with Gasteiger partial charge in [0.05, 0.1) is 19.6 Å². The second kappa shape index (κ2) is 18.2. The van der Waals surface area contributed by atoms with Crippen molar-refractivity contribution < 1.29 is 19.1 Å². The molecule has 28 heavy (non-hydrogen) atoms. The lowest BCUT2D eigenvalue weighted by Gasteiger charge is -2.26. The van der Waals surface area contributed by atoms with Gasteiger partial charge in [-0.15, -0.1) is 0 Å². The summed E-state index contributed by atoms with van der Waals surface area (Å²) in [5.74, 6) is -0.742. The molecule has 0 bridgehead atoms. The third-order valence-corrected chi connectivity index (χ3v) is 5.83. The molecule has 0 saturated carbocycles. The molecule has 7 heteroatoms. The van der Waals surface area contributed by atoms with Gasteiger partial charge >= 0.3 is 11.9 Å². The van der Waals surface area contributed by atoms with Crippen LogP contribution in [0.5, 0.6) is 0 Å². The Hall–Kier alpha value is -0.820. The molecular weight excluding hydrogens is 394 g/mol. The first-order valence-electron chi connectivity index (χ1n) is 10.8. The van der Waals surface area contributed by atoms with Crippen molar-refractivity contribution >= 4 is 40.2 Å². The van der Waals surface area contributed by atoms with Crippen LogP contribution in [0.3, 0.4) is 0 Å². The summed E-state index contributed by atoms with van der Waals surface area (Å²) in [6, 6.07) is 0. The van der Waals surface area contributed by atoms with Gasteiger partial charge in [-0.05, 0) is 25.7 Å². The minimum absolute atomic E-state index is 0.00508. The number of carbonyl (C=O) groups is 2. The number of unbranched alkanes of at least 4 members (excludes halogenated alkanes) is 4. The highest BCUT2D eigenvalue weighted by Gasteiger charge is 2.28. The van der Waals surface area contributed by atoms with Gasteiger partial charge in [0.1, 0.15) is 9.57 Å². The van der Waals surface area contributed by atoms with Crippen LogP contribution < -0.4 is 0 Å². The molecule has 0 aliphatic rings. The van der Waals surface area contributed by atoms with E-state index in [-0.39, 0.29) is 18.4 Å². The van der Waals surface area contributed by atoms with Crippen LogP contribution in [0.2, 0.25) is 0 Å². The van der Waals surface area contributed by atoms with Crippen molar-refractivity contribution in [1.82, 2.24) is 4.90 Å². The minimum atomic E-state index is -0.649. The molecule has 0 amide bonds. The Labute approximate surface area is 181 Å². The molecule has 0 saturated heterocycles. The van der Waals surface area contributed by atoms with Crippen LogP contribution in [-0.2, 0) is 19.1 Å². The number of esters is 2. The third kappa shape index (κ3) is 13.4. The van der Waals surface area contributed by atoms with E-state index >= 15 is 0 Å². The van der Waals surface area contributed by atoms with Gasteiger partial charge in [-0.25, -0.2) is 0 Å². The number of hydrogen-bond acceptors (Lipinski definition) is 6. The number of nitrogens with zero attached hydrogens (tertiary/aromatic N) is 1. The standard InChI is InChI=1S/C21H39NO4S2/c1-5-9-13-22(14-10-6-2)21(27)28-18(20(24)26-16-12-8-4)17-19(23)25-15-11-7-3/h18H,5-17H2,1-4H3. The van der Waals surface area contributed by atoms with E-state index in [9.17, 15) is 9.59 Å². The molecular formula is C21H39NO4S2. The Balaban J connectivity index is 4.94. The molecule has 0 rings (SSSR count). The van der Waals surface area contributed by atoms with Gasteiger partial charge in [0.25, 0.3) is 0 Å². The van der Waals surface area contributed by atoms with Crippen LogP contribution in [0.1, 0.15) is 85.5 Å². The summed E-state index contributed by atoms with van der Waals surface area (Å²) in [4.78, 5) is 26.9. The first kappa shape index (κ1) is 27.2. The van der Waals surface area contributed by atoms with E-state index < -0.39 is 5.25 Å². The van der Waals surface area contributed by atoms with Gasteiger partial charge in [-0.2, -0.15) is 0 Å². The molecule has 0 aromatic carbocycles. The molecule has 164 valence electrons. The first-order chi connectivity index (χ1) is 13.5. The zero-order valence-electron chi connectivity index (χ0n) is 18.2. The number of thiocarbonyl (C=S) groups is 1. The highest BCUT2D eigenvalue weighted by atomic mass is 32.2. The average molecular weight is 434 g/mol. The molecule has 0 fully saturated rings. The molecule has 0 spiro atoms. The Morgan fingerprint density at radius 1 is 0.857 bits per heavy atom. The Kier molecular flexibility index (Phi) is 17.7. The van der Waals surface area contributed by atoms with Crippen LogP contribution in [0.4, 0.5) is 0 Å². The molecule has 0 aliphatic heterocycles. The summed E-state index contributed by atoms with van der Waals surface area (Å²) in [5, 5.41) is -0.649. The summed E-state index contributed by atoms with van der Waals surface area (Å²) >= 11 is 6.89. The predicted octanol–water partition coefficient (Wildman–Crippen LogP) is 5.35. The van der Waals surface area contributed by atoms with Crippen molar-refractivity contribution in [2.24, 2.45) is 0 Å². The maximum Gasteiger partial charge on any atom is 0.320 e. The van der Waals surface area contributed by atoms with Gasteiger partial charge in [0, 0.05) is 13.1 Å². The van der Waals surface area contributed by atoms with E-state index in [1.54, 1.807) is 0 Å². The van der Waals surface area contributed by atoms with Gasteiger partial charge in [0.2, 0.25) is 0 Å². The summed E-state index contributed by atoms with van der Waals surface area (Å²) in [6.07, 6.45) is 7.81. The quantitative estimate of drug-likeness (QED) is 0.185. The molecule has 0 aromatic rings. The van der Waals surface area contributed by atoms with E-state index in [2.05, 4.69) is 18.7 Å². The lowest BCUT2D eigenvalue weighted by molar-refractivity contribution is -0.149. The molecule has 0 heterocycles. The summed E-state index contributed by atoms with van der Waals surface area (Å²) in [6.45, 7) is 10.9. The Bertz CT molecular complexity index is 438. The highest BCUT2D eigenvalue weighted by Crippen LogP contribution is 2.22. The molecule has 1 atom stereocenters. The Morgan fingerprint density at radius 3 is 1.86 bits per heavy atom. The molecule has 0 aliphatic carbocycles. The van der Waals surface area contributed by atoms with Crippen molar-refractivity contribution in [3.8, 4) is 0 Å². The maximum absolute atomic E-state index is 12.5. The van der Waals surface area contributed by atoms with Crippen molar-refractivity contribution in [2.75, 3.05) is 26.3 Å². The lowest BCUT2D eigenvalue weighted by atomic mass is 10.3. The van der Waals surface area contributed by atoms with Crippen LogP contribution in [-0.4, -0.2) is 52.7 Å². The van der Waals surface area contributed by atoms with Gasteiger partial charge in [-0.1, -0.05) is 77.4 Å². The molecule has 1 unspecified atom stereocenters. The highest BCUT2D eigenvalue weighted by molar-refractivity contribution is 8.23.